The summed E-state index contributed by atoms with van der Waals surface area (Å²) >= 11 is 2.48. The molecule has 132 valence electrons. The largest absolute Gasteiger partial charge is 0.417 e. The molecule has 1 atom stereocenters. The summed E-state index contributed by atoms with van der Waals surface area (Å²) in [7, 11) is 0. The second-order valence-corrected chi connectivity index (χ2v) is 7.58. The van der Waals surface area contributed by atoms with E-state index in [1.165, 1.54) is 23.1 Å². The van der Waals surface area contributed by atoms with Crippen LogP contribution in [0.15, 0.2) is 28.6 Å². The molecule has 0 aliphatic carbocycles. The van der Waals surface area contributed by atoms with E-state index in [-0.39, 0.29) is 16.8 Å². The van der Waals surface area contributed by atoms with Gasteiger partial charge in [0.1, 0.15) is 11.1 Å². The molecule has 1 aliphatic heterocycles. The molecule has 1 fully saturated rings. The van der Waals surface area contributed by atoms with Crippen LogP contribution in [0.3, 0.4) is 0 Å². The molecule has 0 bridgehead atoms. The predicted molar refractivity (Wildman–Crippen MR) is 91.6 cm³/mol. The molecular formula is C17H15F3N2OS2. The van der Waals surface area contributed by atoms with Crippen LogP contribution >= 0.6 is 23.1 Å². The van der Waals surface area contributed by atoms with E-state index < -0.39 is 17.3 Å². The number of aromatic nitrogens is 1. The lowest BCUT2D eigenvalue weighted by atomic mass is 10.1. The Balaban J connectivity index is 1.96. The van der Waals surface area contributed by atoms with Crippen LogP contribution in [0.1, 0.15) is 30.4 Å². The molecule has 0 spiro atoms. The zero-order valence-electron chi connectivity index (χ0n) is 13.2. The normalized spacial score (nSPS) is 18.1. The SMILES string of the molecule is N#Cc1c(C(F)(F)F)cc(-c2cccs2)nc1SCC1CCCCO1. The Morgan fingerprint density at radius 2 is 2.24 bits per heavy atom. The third-order valence-electron chi connectivity index (χ3n) is 3.86. The average Bonchev–Trinajstić information content (AvgIpc) is 3.14. The maximum atomic E-state index is 13.4. The van der Waals surface area contributed by atoms with Crippen LogP contribution in [0, 0.1) is 11.3 Å². The van der Waals surface area contributed by atoms with E-state index in [4.69, 9.17) is 4.74 Å². The molecule has 1 aliphatic rings. The number of halogens is 3. The summed E-state index contributed by atoms with van der Waals surface area (Å²) in [6.07, 6.45) is -1.67. The molecule has 0 radical (unpaired) electrons. The molecule has 3 nitrogen and oxygen atoms in total. The fourth-order valence-electron chi connectivity index (χ4n) is 2.62. The van der Waals surface area contributed by atoms with Crippen molar-refractivity contribution in [1.29, 1.82) is 5.26 Å². The van der Waals surface area contributed by atoms with Crippen LogP contribution in [-0.2, 0) is 10.9 Å². The van der Waals surface area contributed by atoms with E-state index >= 15 is 0 Å². The van der Waals surface area contributed by atoms with Gasteiger partial charge in [-0.05, 0) is 36.8 Å². The Morgan fingerprint density at radius 3 is 2.84 bits per heavy atom. The van der Waals surface area contributed by atoms with Crippen molar-refractivity contribution in [2.45, 2.75) is 36.6 Å². The van der Waals surface area contributed by atoms with Gasteiger partial charge in [-0.3, -0.25) is 0 Å². The Kier molecular flexibility index (Phi) is 5.67. The molecule has 2 aromatic heterocycles. The number of thioether (sulfide) groups is 1. The van der Waals surface area contributed by atoms with Gasteiger partial charge in [0.25, 0.3) is 0 Å². The average molecular weight is 384 g/mol. The van der Waals surface area contributed by atoms with Gasteiger partial charge in [0.2, 0.25) is 0 Å². The maximum absolute atomic E-state index is 13.4. The van der Waals surface area contributed by atoms with Crippen molar-refractivity contribution in [2.75, 3.05) is 12.4 Å². The first-order valence-corrected chi connectivity index (χ1v) is 9.66. The molecule has 3 heterocycles. The van der Waals surface area contributed by atoms with Crippen molar-refractivity contribution in [3.63, 3.8) is 0 Å². The summed E-state index contributed by atoms with van der Waals surface area (Å²) in [6, 6.07) is 6.13. The summed E-state index contributed by atoms with van der Waals surface area (Å²) in [5.41, 5.74) is -1.09. The topological polar surface area (TPSA) is 45.9 Å². The molecule has 8 heteroatoms. The number of hydrogen-bond donors (Lipinski definition) is 0. The zero-order valence-corrected chi connectivity index (χ0v) is 14.8. The highest BCUT2D eigenvalue weighted by atomic mass is 32.2. The first kappa shape index (κ1) is 18.2. The Morgan fingerprint density at radius 1 is 1.40 bits per heavy atom. The molecular weight excluding hydrogens is 369 g/mol. The summed E-state index contributed by atoms with van der Waals surface area (Å²) in [4.78, 5) is 4.98. The quantitative estimate of drug-likeness (QED) is 0.666. The molecule has 25 heavy (non-hydrogen) atoms. The van der Waals surface area contributed by atoms with Crippen molar-refractivity contribution in [1.82, 2.24) is 4.98 Å². The third-order valence-corrected chi connectivity index (χ3v) is 5.86. The summed E-state index contributed by atoms with van der Waals surface area (Å²) in [5, 5.41) is 11.2. The van der Waals surface area contributed by atoms with E-state index in [9.17, 15) is 18.4 Å². The second kappa shape index (κ2) is 7.77. The molecule has 1 saturated heterocycles. The molecule has 3 rings (SSSR count). The van der Waals surface area contributed by atoms with Crippen molar-refractivity contribution < 1.29 is 17.9 Å². The maximum Gasteiger partial charge on any atom is 0.417 e. The van der Waals surface area contributed by atoms with Crippen LogP contribution in [0.2, 0.25) is 0 Å². The van der Waals surface area contributed by atoms with Gasteiger partial charge in [-0.25, -0.2) is 4.98 Å². The Labute approximate surface area is 151 Å². The minimum Gasteiger partial charge on any atom is -0.377 e. The van der Waals surface area contributed by atoms with Crippen LogP contribution in [0.5, 0.6) is 0 Å². The number of nitrogens with zero attached hydrogens (tertiary/aromatic N) is 2. The van der Waals surface area contributed by atoms with Crippen LogP contribution in [-0.4, -0.2) is 23.4 Å². The predicted octanol–water partition coefficient (Wildman–Crippen LogP) is 5.36. The van der Waals surface area contributed by atoms with E-state index in [0.717, 1.165) is 25.3 Å². The van der Waals surface area contributed by atoms with Crippen molar-refractivity contribution in [3.05, 3.63) is 34.7 Å². The molecule has 0 saturated carbocycles. The lowest BCUT2D eigenvalue weighted by molar-refractivity contribution is -0.138. The number of ether oxygens (including phenoxy) is 1. The molecule has 0 N–H and O–H groups in total. The minimum atomic E-state index is -4.60. The first-order valence-electron chi connectivity index (χ1n) is 7.79. The Hall–Kier alpha value is -1.56. The number of rotatable bonds is 4. The fourth-order valence-corrected chi connectivity index (χ4v) is 4.37. The van der Waals surface area contributed by atoms with Gasteiger partial charge in [-0.15, -0.1) is 23.1 Å². The monoisotopic (exact) mass is 384 g/mol. The highest BCUT2D eigenvalue weighted by Gasteiger charge is 2.36. The Bertz CT molecular complexity index is 763. The van der Waals surface area contributed by atoms with Gasteiger partial charge >= 0.3 is 6.18 Å². The van der Waals surface area contributed by atoms with Crippen molar-refractivity contribution in [3.8, 4) is 16.6 Å². The molecule has 0 amide bonds. The number of hydrogen-bond acceptors (Lipinski definition) is 5. The van der Waals surface area contributed by atoms with Crippen molar-refractivity contribution in [2.24, 2.45) is 0 Å². The molecule has 0 aromatic carbocycles. The van der Waals surface area contributed by atoms with Crippen LogP contribution in [0.4, 0.5) is 13.2 Å². The van der Waals surface area contributed by atoms with E-state index in [2.05, 4.69) is 4.98 Å². The number of thiophene rings is 1. The highest BCUT2D eigenvalue weighted by Crippen LogP contribution is 2.39. The number of alkyl halides is 3. The van der Waals surface area contributed by atoms with Crippen LogP contribution in [0.25, 0.3) is 10.6 Å². The van der Waals surface area contributed by atoms with E-state index in [1.807, 2.05) is 0 Å². The third kappa shape index (κ3) is 4.35. The summed E-state index contributed by atoms with van der Waals surface area (Å²) in [6.45, 7) is 0.673. The fraction of sp³-hybridized carbons (Fsp3) is 0.412. The minimum absolute atomic E-state index is 0.00757. The van der Waals surface area contributed by atoms with E-state index in [0.29, 0.717) is 17.2 Å². The van der Waals surface area contributed by atoms with Gasteiger partial charge in [0.15, 0.2) is 0 Å². The standard InChI is InChI=1S/C17H15F3N2OS2/c18-17(19,20)13-8-14(15-5-3-7-24-15)22-16(12(13)9-21)25-10-11-4-1-2-6-23-11/h3,5,7-8,11H,1-2,4,6,10H2. The summed E-state index contributed by atoms with van der Waals surface area (Å²) in [5.74, 6) is 0.493. The zero-order chi connectivity index (χ0) is 17.9. The van der Waals surface area contributed by atoms with Gasteiger partial charge in [0.05, 0.1) is 27.8 Å². The lowest BCUT2D eigenvalue weighted by Gasteiger charge is -2.22. The lowest BCUT2D eigenvalue weighted by Crippen LogP contribution is -2.21. The summed E-state index contributed by atoms with van der Waals surface area (Å²) < 4.78 is 45.9. The van der Waals surface area contributed by atoms with Crippen LogP contribution < -0.4 is 0 Å². The van der Waals surface area contributed by atoms with Crippen molar-refractivity contribution >= 4 is 23.1 Å². The van der Waals surface area contributed by atoms with Gasteiger partial charge in [-0.2, -0.15) is 18.4 Å². The number of nitriles is 1. The van der Waals surface area contributed by atoms with Gasteiger partial charge in [0, 0.05) is 12.4 Å². The van der Waals surface area contributed by atoms with E-state index in [1.54, 1.807) is 23.6 Å². The highest BCUT2D eigenvalue weighted by molar-refractivity contribution is 7.99. The number of pyridine rings is 1. The molecule has 1 unspecified atom stereocenters. The van der Waals surface area contributed by atoms with Gasteiger partial charge in [-0.1, -0.05) is 6.07 Å². The molecule has 2 aromatic rings. The second-order valence-electron chi connectivity index (χ2n) is 5.62. The smallest absolute Gasteiger partial charge is 0.377 e. The van der Waals surface area contributed by atoms with Gasteiger partial charge < -0.3 is 4.74 Å². The first-order chi connectivity index (χ1) is 12.0.